The topological polar surface area (TPSA) is 80.8 Å². The Morgan fingerprint density at radius 1 is 1.20 bits per heavy atom. The molecule has 134 valence electrons. The minimum atomic E-state index is -0.286. The molecule has 1 heterocycles. The maximum Gasteiger partial charge on any atom is 0.254 e. The van der Waals surface area contributed by atoms with Crippen molar-refractivity contribution in [1.29, 1.82) is 0 Å². The molecule has 2 rings (SSSR count). The molecule has 0 bridgehead atoms. The first-order valence-electron chi connectivity index (χ1n) is 7.79. The Labute approximate surface area is 150 Å². The van der Waals surface area contributed by atoms with Crippen LogP contribution in [0.15, 0.2) is 29.8 Å². The first-order chi connectivity index (χ1) is 12.1. The number of benzene rings is 1. The van der Waals surface area contributed by atoms with Crippen molar-refractivity contribution in [2.45, 2.75) is 13.3 Å². The molecule has 1 N–H and O–H groups in total. The van der Waals surface area contributed by atoms with E-state index in [4.69, 9.17) is 9.47 Å². The Bertz CT molecular complexity index is 696. The molecule has 2 aromatic rings. The van der Waals surface area contributed by atoms with Gasteiger partial charge in [0.1, 0.15) is 18.0 Å². The second kappa shape index (κ2) is 9.03. The van der Waals surface area contributed by atoms with Crippen molar-refractivity contribution < 1.29 is 19.1 Å². The van der Waals surface area contributed by atoms with E-state index >= 15 is 0 Å². The molecule has 0 atom stereocenters. The molecule has 25 heavy (non-hydrogen) atoms. The summed E-state index contributed by atoms with van der Waals surface area (Å²) in [4.78, 5) is 30.5. The van der Waals surface area contributed by atoms with E-state index in [0.29, 0.717) is 28.7 Å². The number of hydrogen-bond acceptors (Lipinski definition) is 6. The molecule has 0 fully saturated rings. The number of anilines is 1. The average molecular weight is 363 g/mol. The van der Waals surface area contributed by atoms with E-state index in [1.165, 1.54) is 30.5 Å². The van der Waals surface area contributed by atoms with E-state index in [1.807, 2.05) is 6.92 Å². The van der Waals surface area contributed by atoms with E-state index < -0.39 is 0 Å². The van der Waals surface area contributed by atoms with Crippen LogP contribution in [0.2, 0.25) is 0 Å². The van der Waals surface area contributed by atoms with Crippen molar-refractivity contribution in [3.05, 3.63) is 35.3 Å². The maximum atomic E-state index is 12.8. The number of thiazole rings is 1. The van der Waals surface area contributed by atoms with Crippen molar-refractivity contribution in [2.75, 3.05) is 32.6 Å². The summed E-state index contributed by atoms with van der Waals surface area (Å²) in [5.41, 5.74) is 0.409. The number of nitrogens with zero attached hydrogens (tertiary/aromatic N) is 2. The van der Waals surface area contributed by atoms with E-state index in [0.717, 1.165) is 6.42 Å². The first kappa shape index (κ1) is 18.7. The largest absolute Gasteiger partial charge is 0.497 e. The van der Waals surface area contributed by atoms with Crippen molar-refractivity contribution in [3.8, 4) is 11.5 Å². The zero-order chi connectivity index (χ0) is 18.2. The minimum absolute atomic E-state index is 0.0498. The predicted molar refractivity (Wildman–Crippen MR) is 96.5 cm³/mol. The molecule has 1 aromatic carbocycles. The zero-order valence-corrected chi connectivity index (χ0v) is 15.3. The third-order valence-electron chi connectivity index (χ3n) is 3.39. The fraction of sp³-hybridized carbons (Fsp3) is 0.353. The predicted octanol–water partition coefficient (Wildman–Crippen LogP) is 2.65. The molecule has 2 amide bonds. The highest BCUT2D eigenvalue weighted by molar-refractivity contribution is 7.13. The SMILES string of the molecule is CCCN(CC(=O)Nc1nccs1)C(=O)c1cc(OC)cc(OC)c1. The van der Waals surface area contributed by atoms with Gasteiger partial charge in [-0.25, -0.2) is 4.98 Å². The van der Waals surface area contributed by atoms with E-state index in [1.54, 1.807) is 29.8 Å². The molecular weight excluding hydrogens is 342 g/mol. The summed E-state index contributed by atoms with van der Waals surface area (Å²) in [6, 6.07) is 4.95. The number of rotatable bonds is 8. The highest BCUT2D eigenvalue weighted by Gasteiger charge is 2.20. The Morgan fingerprint density at radius 2 is 1.88 bits per heavy atom. The van der Waals surface area contributed by atoms with Gasteiger partial charge in [-0.2, -0.15) is 0 Å². The highest BCUT2D eigenvalue weighted by atomic mass is 32.1. The quantitative estimate of drug-likeness (QED) is 0.780. The van der Waals surface area contributed by atoms with Crippen molar-refractivity contribution >= 4 is 28.3 Å². The monoisotopic (exact) mass is 363 g/mol. The average Bonchev–Trinajstić information content (AvgIpc) is 3.13. The number of carbonyl (C=O) groups is 2. The van der Waals surface area contributed by atoms with Gasteiger partial charge >= 0.3 is 0 Å². The number of nitrogens with one attached hydrogen (secondary N) is 1. The van der Waals surface area contributed by atoms with Crippen LogP contribution in [0.25, 0.3) is 0 Å². The molecule has 0 radical (unpaired) electrons. The molecular formula is C17H21N3O4S. The Hall–Kier alpha value is -2.61. The highest BCUT2D eigenvalue weighted by Crippen LogP contribution is 2.23. The Morgan fingerprint density at radius 3 is 2.40 bits per heavy atom. The maximum absolute atomic E-state index is 12.8. The lowest BCUT2D eigenvalue weighted by atomic mass is 10.1. The Balaban J connectivity index is 2.15. The van der Waals surface area contributed by atoms with E-state index in [2.05, 4.69) is 10.3 Å². The fourth-order valence-electron chi connectivity index (χ4n) is 2.25. The standard InChI is InChI=1S/C17H21N3O4S/c1-4-6-20(11-15(21)19-17-18-5-7-25-17)16(22)12-8-13(23-2)10-14(9-12)24-3/h5,7-10H,4,6,11H2,1-3H3,(H,18,19,21). The van der Waals surface area contributed by atoms with Crippen LogP contribution in [0.1, 0.15) is 23.7 Å². The van der Waals surface area contributed by atoms with Gasteiger partial charge in [0.05, 0.1) is 14.2 Å². The lowest BCUT2D eigenvalue weighted by Gasteiger charge is -2.22. The van der Waals surface area contributed by atoms with Crippen LogP contribution in [0.3, 0.4) is 0 Å². The molecule has 0 aliphatic rings. The summed E-state index contributed by atoms with van der Waals surface area (Å²) < 4.78 is 10.4. The lowest BCUT2D eigenvalue weighted by molar-refractivity contribution is -0.116. The normalized spacial score (nSPS) is 10.2. The molecule has 0 spiro atoms. The van der Waals surface area contributed by atoms with Crippen LogP contribution in [0.5, 0.6) is 11.5 Å². The van der Waals surface area contributed by atoms with Gasteiger partial charge in [-0.3, -0.25) is 9.59 Å². The second-order valence-corrected chi connectivity index (χ2v) is 6.11. The van der Waals surface area contributed by atoms with Crippen molar-refractivity contribution in [3.63, 3.8) is 0 Å². The van der Waals surface area contributed by atoms with E-state index in [-0.39, 0.29) is 18.4 Å². The molecule has 8 heteroatoms. The van der Waals surface area contributed by atoms with Gasteiger partial charge in [0, 0.05) is 29.8 Å². The minimum Gasteiger partial charge on any atom is -0.497 e. The van der Waals surface area contributed by atoms with Crippen LogP contribution in [-0.2, 0) is 4.79 Å². The van der Waals surface area contributed by atoms with Gasteiger partial charge in [0.2, 0.25) is 5.91 Å². The summed E-state index contributed by atoms with van der Waals surface area (Å²) in [6.07, 6.45) is 2.34. The number of methoxy groups -OCH3 is 2. The number of aromatic nitrogens is 1. The van der Waals surface area contributed by atoms with Crippen molar-refractivity contribution in [1.82, 2.24) is 9.88 Å². The molecule has 0 aliphatic heterocycles. The number of ether oxygens (including phenoxy) is 2. The second-order valence-electron chi connectivity index (χ2n) is 5.21. The Kier molecular flexibility index (Phi) is 6.76. The van der Waals surface area contributed by atoms with E-state index in [9.17, 15) is 9.59 Å². The smallest absolute Gasteiger partial charge is 0.254 e. The van der Waals surface area contributed by atoms with Crippen LogP contribution in [0.4, 0.5) is 5.13 Å². The third-order valence-corrected chi connectivity index (χ3v) is 4.08. The summed E-state index contributed by atoms with van der Waals surface area (Å²) >= 11 is 1.33. The fourth-order valence-corrected chi connectivity index (χ4v) is 2.80. The van der Waals surface area contributed by atoms with Crippen LogP contribution < -0.4 is 14.8 Å². The third kappa shape index (κ3) is 5.18. The summed E-state index contributed by atoms with van der Waals surface area (Å²) in [6.45, 7) is 2.36. The molecule has 1 aromatic heterocycles. The number of amides is 2. The zero-order valence-electron chi connectivity index (χ0n) is 14.4. The van der Waals surface area contributed by atoms with Crippen molar-refractivity contribution in [2.24, 2.45) is 0 Å². The molecule has 0 unspecified atom stereocenters. The van der Waals surface area contributed by atoms with Gasteiger partial charge in [-0.15, -0.1) is 11.3 Å². The molecule has 0 saturated heterocycles. The lowest BCUT2D eigenvalue weighted by Crippen LogP contribution is -2.38. The summed E-state index contributed by atoms with van der Waals surface area (Å²) in [5.74, 6) is 0.498. The van der Waals surface area contributed by atoms with Gasteiger partial charge in [0.25, 0.3) is 5.91 Å². The van der Waals surface area contributed by atoms with Gasteiger partial charge < -0.3 is 19.7 Å². The first-order valence-corrected chi connectivity index (χ1v) is 8.67. The summed E-state index contributed by atoms with van der Waals surface area (Å²) in [5, 5.41) is 4.97. The number of carbonyl (C=O) groups excluding carboxylic acids is 2. The summed E-state index contributed by atoms with van der Waals surface area (Å²) in [7, 11) is 3.04. The molecule has 0 aliphatic carbocycles. The van der Waals surface area contributed by atoms with Gasteiger partial charge in [-0.1, -0.05) is 6.92 Å². The van der Waals surface area contributed by atoms with Gasteiger partial charge in [-0.05, 0) is 18.6 Å². The van der Waals surface area contributed by atoms with Crippen LogP contribution in [-0.4, -0.2) is 49.0 Å². The van der Waals surface area contributed by atoms with Gasteiger partial charge in [0.15, 0.2) is 5.13 Å². The van der Waals surface area contributed by atoms with Crippen LogP contribution in [0, 0.1) is 0 Å². The molecule has 0 saturated carbocycles. The van der Waals surface area contributed by atoms with Crippen LogP contribution >= 0.6 is 11.3 Å². The number of hydrogen-bond donors (Lipinski definition) is 1. The molecule has 7 nitrogen and oxygen atoms in total.